The second-order valence-corrected chi connectivity index (χ2v) is 5.99. The number of carboxylic acid groups (broad SMARTS) is 2. The zero-order chi connectivity index (χ0) is 17.5. The van der Waals surface area contributed by atoms with Gasteiger partial charge in [-0.2, -0.15) is 0 Å². The van der Waals surface area contributed by atoms with Gasteiger partial charge in [0.1, 0.15) is 6.61 Å². The summed E-state index contributed by atoms with van der Waals surface area (Å²) in [5.74, 6) is -2.56. The van der Waals surface area contributed by atoms with Crippen molar-refractivity contribution >= 4 is 18.0 Å². The Kier molecular flexibility index (Phi) is 6.17. The molecule has 2 atom stereocenters. The second-order valence-electron chi connectivity index (χ2n) is 5.99. The monoisotopic (exact) mass is 335 g/mol. The van der Waals surface area contributed by atoms with Crippen LogP contribution in [0.3, 0.4) is 0 Å². The second kappa shape index (κ2) is 8.33. The summed E-state index contributed by atoms with van der Waals surface area (Å²) in [7, 11) is 0. The third kappa shape index (κ3) is 5.26. The highest BCUT2D eigenvalue weighted by Gasteiger charge is 2.34. The first-order chi connectivity index (χ1) is 11.5. The van der Waals surface area contributed by atoms with Gasteiger partial charge in [-0.15, -0.1) is 0 Å². The number of piperidine rings is 1. The van der Waals surface area contributed by atoms with Crippen molar-refractivity contribution in [3.05, 3.63) is 35.9 Å². The molecule has 0 saturated carbocycles. The van der Waals surface area contributed by atoms with E-state index in [9.17, 15) is 14.4 Å². The minimum Gasteiger partial charge on any atom is -0.481 e. The molecule has 1 amide bonds. The number of benzene rings is 1. The molecule has 7 nitrogen and oxygen atoms in total. The van der Waals surface area contributed by atoms with E-state index in [1.54, 1.807) is 0 Å². The fraction of sp³-hybridized carbons (Fsp3) is 0.471. The maximum Gasteiger partial charge on any atom is 0.410 e. The highest BCUT2D eigenvalue weighted by atomic mass is 16.6. The minimum atomic E-state index is -0.991. The van der Waals surface area contributed by atoms with E-state index in [0.717, 1.165) is 5.56 Å². The molecule has 0 radical (unpaired) electrons. The van der Waals surface area contributed by atoms with Gasteiger partial charge in [0, 0.05) is 19.5 Å². The van der Waals surface area contributed by atoms with Gasteiger partial charge in [-0.3, -0.25) is 9.59 Å². The number of hydrogen-bond acceptors (Lipinski definition) is 4. The van der Waals surface area contributed by atoms with Crippen molar-refractivity contribution in [2.24, 2.45) is 11.8 Å². The Morgan fingerprint density at radius 2 is 1.67 bits per heavy atom. The van der Waals surface area contributed by atoms with Gasteiger partial charge in [0.25, 0.3) is 0 Å². The molecule has 0 aromatic heterocycles. The van der Waals surface area contributed by atoms with E-state index in [1.807, 2.05) is 30.3 Å². The third-order valence-electron chi connectivity index (χ3n) is 4.23. The number of rotatable bonds is 6. The molecular weight excluding hydrogens is 314 g/mol. The van der Waals surface area contributed by atoms with Crippen LogP contribution in [-0.4, -0.2) is 46.2 Å². The molecule has 0 unspecified atom stereocenters. The van der Waals surface area contributed by atoms with Crippen LogP contribution in [0.25, 0.3) is 0 Å². The number of aliphatic carboxylic acids is 2. The highest BCUT2D eigenvalue weighted by Crippen LogP contribution is 2.29. The SMILES string of the molecule is O=C(O)C[C@@H]1CCN(C(=O)OCc2ccccc2)C[C@@H]1CC(=O)O. The van der Waals surface area contributed by atoms with Crippen LogP contribution in [0.15, 0.2) is 30.3 Å². The Bertz CT molecular complexity index is 588. The summed E-state index contributed by atoms with van der Waals surface area (Å²) in [6.07, 6.45) is -0.265. The summed E-state index contributed by atoms with van der Waals surface area (Å²) in [5.41, 5.74) is 0.869. The standard InChI is InChI=1S/C17H21NO6/c19-15(20)8-13-6-7-18(10-14(13)9-16(21)22)17(23)24-11-12-4-2-1-3-5-12/h1-5,13-14H,6-11H2,(H,19,20)(H,21,22)/t13-,14-/m0/s1. The van der Waals surface area contributed by atoms with E-state index in [0.29, 0.717) is 13.0 Å². The van der Waals surface area contributed by atoms with Crippen molar-refractivity contribution < 1.29 is 29.3 Å². The van der Waals surface area contributed by atoms with E-state index in [-0.39, 0.29) is 37.8 Å². The molecule has 0 aliphatic carbocycles. The quantitative estimate of drug-likeness (QED) is 0.826. The fourth-order valence-electron chi connectivity index (χ4n) is 3.01. The topological polar surface area (TPSA) is 104 Å². The molecule has 0 spiro atoms. The van der Waals surface area contributed by atoms with E-state index < -0.39 is 18.0 Å². The molecular formula is C17H21NO6. The lowest BCUT2D eigenvalue weighted by Gasteiger charge is -2.36. The lowest BCUT2D eigenvalue weighted by Crippen LogP contribution is -2.45. The lowest BCUT2D eigenvalue weighted by atomic mass is 9.81. The normalized spacial score (nSPS) is 20.4. The number of ether oxygens (including phenoxy) is 1. The van der Waals surface area contributed by atoms with Gasteiger partial charge in [0.15, 0.2) is 0 Å². The molecule has 1 aromatic carbocycles. The van der Waals surface area contributed by atoms with E-state index in [4.69, 9.17) is 14.9 Å². The average Bonchev–Trinajstić information content (AvgIpc) is 2.54. The number of carbonyl (C=O) groups excluding carboxylic acids is 1. The van der Waals surface area contributed by atoms with Crippen LogP contribution < -0.4 is 0 Å². The number of likely N-dealkylation sites (tertiary alicyclic amines) is 1. The third-order valence-corrected chi connectivity index (χ3v) is 4.23. The molecule has 130 valence electrons. The molecule has 1 aliphatic heterocycles. The fourth-order valence-corrected chi connectivity index (χ4v) is 3.01. The van der Waals surface area contributed by atoms with Crippen LogP contribution in [0.5, 0.6) is 0 Å². The lowest BCUT2D eigenvalue weighted by molar-refractivity contribution is -0.142. The molecule has 1 aliphatic rings. The molecule has 24 heavy (non-hydrogen) atoms. The van der Waals surface area contributed by atoms with Gasteiger partial charge in [0.2, 0.25) is 0 Å². The first-order valence-electron chi connectivity index (χ1n) is 7.85. The van der Waals surface area contributed by atoms with Gasteiger partial charge in [-0.1, -0.05) is 30.3 Å². The van der Waals surface area contributed by atoms with Gasteiger partial charge in [-0.05, 0) is 23.8 Å². The summed E-state index contributed by atoms with van der Waals surface area (Å²) in [6.45, 7) is 0.734. The van der Waals surface area contributed by atoms with Gasteiger partial charge in [-0.25, -0.2) is 4.79 Å². The van der Waals surface area contributed by atoms with Crippen molar-refractivity contribution in [1.82, 2.24) is 4.90 Å². The van der Waals surface area contributed by atoms with Crippen LogP contribution in [-0.2, 0) is 20.9 Å². The Morgan fingerprint density at radius 3 is 2.29 bits per heavy atom. The molecule has 2 N–H and O–H groups in total. The Labute approximate surface area is 139 Å². The Hall–Kier alpha value is -2.57. The molecule has 7 heteroatoms. The maximum absolute atomic E-state index is 12.2. The average molecular weight is 335 g/mol. The van der Waals surface area contributed by atoms with Crippen LogP contribution in [0.1, 0.15) is 24.8 Å². The maximum atomic E-state index is 12.2. The van der Waals surface area contributed by atoms with Crippen molar-refractivity contribution in [3.8, 4) is 0 Å². The van der Waals surface area contributed by atoms with Crippen molar-refractivity contribution in [2.75, 3.05) is 13.1 Å². The molecule has 1 fully saturated rings. The summed E-state index contributed by atoms with van der Waals surface area (Å²) < 4.78 is 5.26. The minimum absolute atomic E-state index is 0.0785. The van der Waals surface area contributed by atoms with Gasteiger partial charge in [0.05, 0.1) is 6.42 Å². The largest absolute Gasteiger partial charge is 0.481 e. The molecule has 1 heterocycles. The molecule has 1 saturated heterocycles. The zero-order valence-electron chi connectivity index (χ0n) is 13.3. The Balaban J connectivity index is 1.92. The number of amides is 1. The van der Waals surface area contributed by atoms with E-state index in [1.165, 1.54) is 4.90 Å². The van der Waals surface area contributed by atoms with E-state index in [2.05, 4.69) is 0 Å². The molecule has 0 bridgehead atoms. The van der Waals surface area contributed by atoms with Crippen LogP contribution in [0.2, 0.25) is 0 Å². The zero-order valence-corrected chi connectivity index (χ0v) is 13.3. The van der Waals surface area contributed by atoms with Crippen molar-refractivity contribution in [2.45, 2.75) is 25.9 Å². The number of carboxylic acids is 2. The van der Waals surface area contributed by atoms with Crippen LogP contribution in [0.4, 0.5) is 4.79 Å². The van der Waals surface area contributed by atoms with Crippen molar-refractivity contribution in [3.63, 3.8) is 0 Å². The summed E-state index contributed by atoms with van der Waals surface area (Å²) in [4.78, 5) is 35.6. The highest BCUT2D eigenvalue weighted by molar-refractivity contribution is 5.70. The Morgan fingerprint density at radius 1 is 1.04 bits per heavy atom. The number of hydrogen-bond donors (Lipinski definition) is 2. The number of carbonyl (C=O) groups is 3. The van der Waals surface area contributed by atoms with Gasteiger partial charge < -0.3 is 19.8 Å². The smallest absolute Gasteiger partial charge is 0.410 e. The molecule has 2 rings (SSSR count). The first kappa shape index (κ1) is 17.8. The summed E-state index contributed by atoms with van der Waals surface area (Å²) in [5, 5.41) is 18.0. The van der Waals surface area contributed by atoms with E-state index >= 15 is 0 Å². The first-order valence-corrected chi connectivity index (χ1v) is 7.85. The predicted molar refractivity (Wildman–Crippen MR) is 84.3 cm³/mol. The van der Waals surface area contributed by atoms with Gasteiger partial charge >= 0.3 is 18.0 Å². The predicted octanol–water partition coefficient (Wildman–Crippen LogP) is 2.21. The number of nitrogens with zero attached hydrogens (tertiary/aromatic N) is 1. The van der Waals surface area contributed by atoms with Crippen molar-refractivity contribution in [1.29, 1.82) is 0 Å². The van der Waals surface area contributed by atoms with Crippen LogP contribution in [0, 0.1) is 11.8 Å². The summed E-state index contributed by atoms with van der Waals surface area (Å²) in [6, 6.07) is 9.27. The molecule has 1 aromatic rings. The van der Waals surface area contributed by atoms with Crippen LogP contribution >= 0.6 is 0 Å². The summed E-state index contributed by atoms with van der Waals surface area (Å²) >= 11 is 0.